The standard InChI is InChI=1S/C12H18O3/c1-3-7-12(8-6-9(2)13)10(14)4-5-11(12)15/h3-8H2,1-2H3. The first-order chi connectivity index (χ1) is 7.03. The van der Waals surface area contributed by atoms with Gasteiger partial charge in [-0.2, -0.15) is 0 Å². The van der Waals surface area contributed by atoms with Crippen LogP contribution in [0.25, 0.3) is 0 Å². The normalized spacial score (nSPS) is 19.6. The number of Topliss-reactive ketones (excluding diaryl/α,β-unsaturated/α-hetero) is 3. The molecule has 0 radical (unpaired) electrons. The van der Waals surface area contributed by atoms with Gasteiger partial charge in [0.15, 0.2) is 0 Å². The zero-order valence-corrected chi connectivity index (χ0v) is 9.47. The van der Waals surface area contributed by atoms with Crippen LogP contribution in [0.2, 0.25) is 0 Å². The summed E-state index contributed by atoms with van der Waals surface area (Å²) in [5.41, 5.74) is -0.805. The van der Waals surface area contributed by atoms with E-state index >= 15 is 0 Å². The average Bonchev–Trinajstić information content (AvgIpc) is 2.44. The topological polar surface area (TPSA) is 51.2 Å². The van der Waals surface area contributed by atoms with Gasteiger partial charge >= 0.3 is 0 Å². The molecule has 3 nitrogen and oxygen atoms in total. The number of carbonyl (C=O) groups is 3. The van der Waals surface area contributed by atoms with Crippen LogP contribution in [0.5, 0.6) is 0 Å². The predicted molar refractivity (Wildman–Crippen MR) is 56.5 cm³/mol. The molecule has 3 heteroatoms. The van der Waals surface area contributed by atoms with Crippen molar-refractivity contribution >= 4 is 17.3 Å². The van der Waals surface area contributed by atoms with Crippen LogP contribution in [0.3, 0.4) is 0 Å². The van der Waals surface area contributed by atoms with Crippen molar-refractivity contribution in [2.24, 2.45) is 5.41 Å². The molecule has 0 bridgehead atoms. The van der Waals surface area contributed by atoms with Crippen LogP contribution in [-0.4, -0.2) is 17.3 Å². The van der Waals surface area contributed by atoms with Gasteiger partial charge in [-0.1, -0.05) is 13.3 Å². The SMILES string of the molecule is CCCC1(CCC(C)=O)C(=O)CCC1=O. The second kappa shape index (κ2) is 4.69. The van der Waals surface area contributed by atoms with E-state index in [1.165, 1.54) is 6.92 Å². The van der Waals surface area contributed by atoms with Crippen LogP contribution in [0, 0.1) is 5.41 Å². The van der Waals surface area contributed by atoms with Gasteiger partial charge in [-0.15, -0.1) is 0 Å². The van der Waals surface area contributed by atoms with Gasteiger partial charge in [0.25, 0.3) is 0 Å². The Bertz CT molecular complexity index is 275. The smallest absolute Gasteiger partial charge is 0.146 e. The maximum absolute atomic E-state index is 11.8. The van der Waals surface area contributed by atoms with Crippen molar-refractivity contribution in [3.05, 3.63) is 0 Å². The maximum atomic E-state index is 11.8. The van der Waals surface area contributed by atoms with E-state index in [2.05, 4.69) is 0 Å². The van der Waals surface area contributed by atoms with E-state index in [-0.39, 0.29) is 17.3 Å². The summed E-state index contributed by atoms with van der Waals surface area (Å²) in [7, 11) is 0. The monoisotopic (exact) mass is 210 g/mol. The molecule has 0 spiro atoms. The van der Waals surface area contributed by atoms with Gasteiger partial charge in [-0.25, -0.2) is 0 Å². The van der Waals surface area contributed by atoms with E-state index < -0.39 is 5.41 Å². The van der Waals surface area contributed by atoms with E-state index in [1.54, 1.807) is 0 Å². The van der Waals surface area contributed by atoms with Crippen molar-refractivity contribution in [3.63, 3.8) is 0 Å². The Labute approximate surface area is 90.2 Å². The summed E-state index contributed by atoms with van der Waals surface area (Å²) < 4.78 is 0. The number of hydrogen-bond acceptors (Lipinski definition) is 3. The van der Waals surface area contributed by atoms with Crippen LogP contribution in [0.1, 0.15) is 52.4 Å². The molecule has 0 aromatic carbocycles. The molecule has 15 heavy (non-hydrogen) atoms. The fraction of sp³-hybridized carbons (Fsp3) is 0.750. The molecule has 0 atom stereocenters. The van der Waals surface area contributed by atoms with Gasteiger partial charge in [0.1, 0.15) is 17.3 Å². The number of rotatable bonds is 5. The summed E-state index contributed by atoms with van der Waals surface area (Å²) in [6.07, 6.45) is 2.94. The lowest BCUT2D eigenvalue weighted by Gasteiger charge is -2.24. The predicted octanol–water partition coefficient (Wildman–Crippen LogP) is 2.07. The molecule has 0 aromatic rings. The minimum atomic E-state index is -0.805. The molecule has 0 aromatic heterocycles. The highest BCUT2D eigenvalue weighted by Gasteiger charge is 2.47. The van der Waals surface area contributed by atoms with Crippen LogP contribution in [0.4, 0.5) is 0 Å². The van der Waals surface area contributed by atoms with E-state index in [0.717, 1.165) is 6.42 Å². The molecule has 84 valence electrons. The highest BCUT2D eigenvalue weighted by atomic mass is 16.2. The summed E-state index contributed by atoms with van der Waals surface area (Å²) >= 11 is 0. The lowest BCUT2D eigenvalue weighted by atomic mass is 9.76. The van der Waals surface area contributed by atoms with Crippen LogP contribution in [-0.2, 0) is 14.4 Å². The van der Waals surface area contributed by atoms with Crippen molar-refractivity contribution in [2.45, 2.75) is 52.4 Å². The van der Waals surface area contributed by atoms with E-state index in [0.29, 0.717) is 32.1 Å². The molecule has 1 saturated carbocycles. The largest absolute Gasteiger partial charge is 0.300 e. The van der Waals surface area contributed by atoms with Crippen LogP contribution < -0.4 is 0 Å². The summed E-state index contributed by atoms with van der Waals surface area (Å²) in [5, 5.41) is 0. The molecule has 0 unspecified atom stereocenters. The molecule has 1 aliphatic carbocycles. The van der Waals surface area contributed by atoms with Crippen molar-refractivity contribution < 1.29 is 14.4 Å². The number of ketones is 3. The lowest BCUT2D eigenvalue weighted by molar-refractivity contribution is -0.136. The molecule has 0 heterocycles. The van der Waals surface area contributed by atoms with E-state index in [4.69, 9.17) is 0 Å². The third-order valence-corrected chi connectivity index (χ3v) is 3.23. The molecule has 1 rings (SSSR count). The lowest BCUT2D eigenvalue weighted by Crippen LogP contribution is -2.33. The van der Waals surface area contributed by atoms with Gasteiger partial charge in [-0.05, 0) is 19.8 Å². The Morgan fingerprint density at radius 3 is 2.13 bits per heavy atom. The minimum absolute atomic E-state index is 0.0515. The Balaban J connectivity index is 2.81. The third-order valence-electron chi connectivity index (χ3n) is 3.23. The minimum Gasteiger partial charge on any atom is -0.300 e. The van der Waals surface area contributed by atoms with Crippen molar-refractivity contribution in [2.75, 3.05) is 0 Å². The number of carbonyl (C=O) groups excluding carboxylic acids is 3. The summed E-state index contributed by atoms with van der Waals surface area (Å²) in [6.45, 7) is 3.47. The van der Waals surface area contributed by atoms with Crippen molar-refractivity contribution in [1.82, 2.24) is 0 Å². The summed E-state index contributed by atoms with van der Waals surface area (Å²) in [6, 6.07) is 0. The summed E-state index contributed by atoms with van der Waals surface area (Å²) in [5.74, 6) is 0.157. The number of hydrogen-bond donors (Lipinski definition) is 0. The van der Waals surface area contributed by atoms with Gasteiger partial charge < -0.3 is 4.79 Å². The molecule has 0 saturated heterocycles. The average molecular weight is 210 g/mol. The molecule has 1 fully saturated rings. The van der Waals surface area contributed by atoms with E-state index in [1.807, 2.05) is 6.92 Å². The van der Waals surface area contributed by atoms with Crippen molar-refractivity contribution in [1.29, 1.82) is 0 Å². The van der Waals surface area contributed by atoms with E-state index in [9.17, 15) is 14.4 Å². The first kappa shape index (κ1) is 12.1. The Kier molecular flexibility index (Phi) is 3.77. The fourth-order valence-electron chi connectivity index (χ4n) is 2.36. The molecule has 1 aliphatic rings. The van der Waals surface area contributed by atoms with Gasteiger partial charge in [0, 0.05) is 19.3 Å². The summed E-state index contributed by atoms with van der Waals surface area (Å²) in [4.78, 5) is 34.5. The van der Waals surface area contributed by atoms with Gasteiger partial charge in [0.05, 0.1) is 5.41 Å². The Hall–Kier alpha value is -0.990. The second-order valence-electron chi connectivity index (χ2n) is 4.38. The zero-order valence-electron chi connectivity index (χ0n) is 9.47. The first-order valence-corrected chi connectivity index (χ1v) is 5.59. The van der Waals surface area contributed by atoms with Gasteiger partial charge in [-0.3, -0.25) is 9.59 Å². The first-order valence-electron chi connectivity index (χ1n) is 5.59. The molecule has 0 N–H and O–H groups in total. The second-order valence-corrected chi connectivity index (χ2v) is 4.38. The van der Waals surface area contributed by atoms with Crippen molar-refractivity contribution in [3.8, 4) is 0 Å². The highest BCUT2D eigenvalue weighted by molar-refractivity contribution is 6.13. The zero-order chi connectivity index (χ0) is 11.5. The fourth-order valence-corrected chi connectivity index (χ4v) is 2.36. The van der Waals surface area contributed by atoms with Gasteiger partial charge in [0.2, 0.25) is 0 Å². The quantitative estimate of drug-likeness (QED) is 0.653. The molecular weight excluding hydrogens is 192 g/mol. The van der Waals surface area contributed by atoms with Crippen LogP contribution >= 0.6 is 0 Å². The Morgan fingerprint density at radius 2 is 1.73 bits per heavy atom. The maximum Gasteiger partial charge on any atom is 0.146 e. The molecule has 0 amide bonds. The molecular formula is C12H18O3. The Morgan fingerprint density at radius 1 is 1.20 bits per heavy atom. The molecule has 0 aliphatic heterocycles. The third kappa shape index (κ3) is 2.33. The van der Waals surface area contributed by atoms with Crippen LogP contribution in [0.15, 0.2) is 0 Å². The highest BCUT2D eigenvalue weighted by Crippen LogP contribution is 2.40.